The zero-order valence-electron chi connectivity index (χ0n) is 10.9. The van der Waals surface area contributed by atoms with E-state index in [1.54, 1.807) is 6.07 Å². The molecule has 1 aliphatic heterocycles. The number of halogens is 1. The van der Waals surface area contributed by atoms with Crippen LogP contribution in [0.25, 0.3) is 10.9 Å². The maximum Gasteiger partial charge on any atom is 0.270 e. The number of pyridine rings is 1. The van der Waals surface area contributed by atoms with Crippen molar-refractivity contribution >= 4 is 28.4 Å². The Kier molecular flexibility index (Phi) is 3.85. The van der Waals surface area contributed by atoms with E-state index in [2.05, 4.69) is 10.3 Å². The Labute approximate surface area is 122 Å². The van der Waals surface area contributed by atoms with Gasteiger partial charge < -0.3 is 10.1 Å². The van der Waals surface area contributed by atoms with Crippen LogP contribution in [0.15, 0.2) is 30.3 Å². The average molecular weight is 291 g/mol. The molecule has 0 bridgehead atoms. The highest BCUT2D eigenvalue weighted by Crippen LogP contribution is 2.22. The van der Waals surface area contributed by atoms with Crippen LogP contribution in [0.1, 0.15) is 23.3 Å². The Balaban J connectivity index is 1.84. The smallest absolute Gasteiger partial charge is 0.270 e. The summed E-state index contributed by atoms with van der Waals surface area (Å²) in [7, 11) is 0. The minimum absolute atomic E-state index is 0.0586. The normalized spacial score (nSPS) is 18.9. The third-order valence-electron chi connectivity index (χ3n) is 3.39. The van der Waals surface area contributed by atoms with Crippen LogP contribution in [0.3, 0.4) is 0 Å². The van der Waals surface area contributed by atoms with Gasteiger partial charge in [0.2, 0.25) is 0 Å². The molecule has 1 fully saturated rings. The lowest BCUT2D eigenvalue weighted by molar-refractivity contribution is 0.0622. The highest BCUT2D eigenvalue weighted by Gasteiger charge is 2.18. The first-order valence-corrected chi connectivity index (χ1v) is 7.06. The maximum absolute atomic E-state index is 12.2. The van der Waals surface area contributed by atoms with E-state index in [4.69, 9.17) is 16.3 Å². The molecule has 1 N–H and O–H groups in total. The average Bonchev–Trinajstić information content (AvgIpc) is 2.48. The van der Waals surface area contributed by atoms with Crippen LogP contribution < -0.4 is 5.32 Å². The van der Waals surface area contributed by atoms with E-state index in [1.165, 1.54) is 0 Å². The number of ether oxygens (including phenoxy) is 1. The zero-order valence-corrected chi connectivity index (χ0v) is 11.7. The number of carbonyl (C=O) groups is 1. The number of hydrogen-bond acceptors (Lipinski definition) is 3. The van der Waals surface area contributed by atoms with Gasteiger partial charge in [-0.1, -0.05) is 29.8 Å². The third-order valence-corrected chi connectivity index (χ3v) is 3.71. The molecule has 1 unspecified atom stereocenters. The van der Waals surface area contributed by atoms with Crippen LogP contribution in [-0.4, -0.2) is 30.1 Å². The molecule has 5 heteroatoms. The van der Waals surface area contributed by atoms with Gasteiger partial charge in [-0.2, -0.15) is 0 Å². The molecule has 104 valence electrons. The fraction of sp³-hybridized carbons (Fsp3) is 0.333. The van der Waals surface area contributed by atoms with Crippen molar-refractivity contribution in [1.29, 1.82) is 0 Å². The van der Waals surface area contributed by atoms with Gasteiger partial charge in [0.15, 0.2) is 0 Å². The van der Waals surface area contributed by atoms with E-state index in [0.717, 1.165) is 30.4 Å². The molecule has 0 saturated carbocycles. The van der Waals surface area contributed by atoms with Crippen molar-refractivity contribution in [2.75, 3.05) is 13.2 Å². The number of amides is 1. The number of benzene rings is 1. The largest absolute Gasteiger partial charge is 0.379 e. The molecule has 1 aromatic heterocycles. The molecular formula is C15H15ClN2O2. The van der Waals surface area contributed by atoms with Crippen LogP contribution in [0, 0.1) is 0 Å². The van der Waals surface area contributed by atoms with Crippen molar-refractivity contribution in [2.45, 2.75) is 18.9 Å². The first kappa shape index (κ1) is 13.3. The second-order valence-corrected chi connectivity index (χ2v) is 5.30. The second kappa shape index (κ2) is 5.77. The number of nitrogens with one attached hydrogen (secondary N) is 1. The van der Waals surface area contributed by atoms with Gasteiger partial charge >= 0.3 is 0 Å². The van der Waals surface area contributed by atoms with Crippen molar-refractivity contribution in [3.63, 3.8) is 0 Å². The predicted octanol–water partition coefficient (Wildman–Crippen LogP) is 2.80. The van der Waals surface area contributed by atoms with Gasteiger partial charge in [0.05, 0.1) is 23.2 Å². The van der Waals surface area contributed by atoms with Crippen LogP contribution in [0.2, 0.25) is 5.02 Å². The number of nitrogens with zero attached hydrogens (tertiary/aromatic N) is 1. The van der Waals surface area contributed by atoms with E-state index in [-0.39, 0.29) is 11.9 Å². The van der Waals surface area contributed by atoms with Crippen LogP contribution in [-0.2, 0) is 4.74 Å². The summed E-state index contributed by atoms with van der Waals surface area (Å²) in [5.74, 6) is -0.201. The summed E-state index contributed by atoms with van der Waals surface area (Å²) >= 11 is 6.20. The Morgan fingerprint density at radius 3 is 3.05 bits per heavy atom. The second-order valence-electron chi connectivity index (χ2n) is 4.89. The molecule has 1 atom stereocenters. The van der Waals surface area contributed by atoms with Crippen LogP contribution in [0.4, 0.5) is 0 Å². The highest BCUT2D eigenvalue weighted by molar-refractivity contribution is 6.35. The lowest BCUT2D eigenvalue weighted by atomic mass is 10.1. The quantitative estimate of drug-likeness (QED) is 0.925. The summed E-state index contributed by atoms with van der Waals surface area (Å²) in [6, 6.07) is 9.19. The van der Waals surface area contributed by atoms with Gasteiger partial charge in [0.1, 0.15) is 5.69 Å². The summed E-state index contributed by atoms with van der Waals surface area (Å²) in [6.07, 6.45) is 1.91. The first-order chi connectivity index (χ1) is 9.74. The number of carbonyl (C=O) groups excluding carboxylic acids is 1. The van der Waals surface area contributed by atoms with Gasteiger partial charge in [-0.05, 0) is 25.0 Å². The molecule has 2 aromatic rings. The number of fused-ring (bicyclic) bond motifs is 1. The summed E-state index contributed by atoms with van der Waals surface area (Å²) in [6.45, 7) is 1.33. The molecule has 3 rings (SSSR count). The van der Waals surface area contributed by atoms with Crippen molar-refractivity contribution in [1.82, 2.24) is 10.3 Å². The Hall–Kier alpha value is -1.65. The number of aromatic nitrogens is 1. The Bertz CT molecular complexity index is 639. The van der Waals surface area contributed by atoms with E-state index in [1.807, 2.05) is 24.3 Å². The van der Waals surface area contributed by atoms with Crippen LogP contribution >= 0.6 is 11.6 Å². The lowest BCUT2D eigenvalue weighted by Gasteiger charge is -2.23. The van der Waals surface area contributed by atoms with E-state index in [0.29, 0.717) is 17.3 Å². The van der Waals surface area contributed by atoms with Gasteiger partial charge in [-0.3, -0.25) is 4.79 Å². The molecule has 0 radical (unpaired) electrons. The summed E-state index contributed by atoms with van der Waals surface area (Å²) < 4.78 is 5.35. The van der Waals surface area contributed by atoms with E-state index < -0.39 is 0 Å². The summed E-state index contributed by atoms with van der Waals surface area (Å²) in [4.78, 5) is 16.6. The SMILES string of the molecule is O=C(NC1CCCOC1)c1cc(Cl)c2ccccc2n1. The Morgan fingerprint density at radius 2 is 2.25 bits per heavy atom. The molecule has 0 spiro atoms. The van der Waals surface area contributed by atoms with Crippen molar-refractivity contribution < 1.29 is 9.53 Å². The van der Waals surface area contributed by atoms with Gasteiger partial charge in [0, 0.05) is 12.0 Å². The Morgan fingerprint density at radius 1 is 1.40 bits per heavy atom. The molecule has 1 aromatic carbocycles. The van der Waals surface area contributed by atoms with Crippen molar-refractivity contribution in [3.8, 4) is 0 Å². The summed E-state index contributed by atoms with van der Waals surface area (Å²) in [5, 5.41) is 4.34. The van der Waals surface area contributed by atoms with E-state index in [9.17, 15) is 4.79 Å². The summed E-state index contributed by atoms with van der Waals surface area (Å²) in [5.41, 5.74) is 1.07. The monoisotopic (exact) mass is 290 g/mol. The van der Waals surface area contributed by atoms with E-state index >= 15 is 0 Å². The number of para-hydroxylation sites is 1. The van der Waals surface area contributed by atoms with Crippen molar-refractivity contribution in [2.24, 2.45) is 0 Å². The molecule has 1 amide bonds. The minimum Gasteiger partial charge on any atom is -0.379 e. The standard InChI is InChI=1S/C15H15ClN2O2/c16-12-8-14(18-13-6-2-1-5-11(12)13)15(19)17-10-4-3-7-20-9-10/h1-2,5-6,8,10H,3-4,7,9H2,(H,17,19). The van der Waals surface area contributed by atoms with Gasteiger partial charge in [-0.15, -0.1) is 0 Å². The topological polar surface area (TPSA) is 51.2 Å². The molecule has 1 aliphatic rings. The molecule has 1 saturated heterocycles. The third kappa shape index (κ3) is 2.76. The fourth-order valence-corrected chi connectivity index (χ4v) is 2.63. The number of rotatable bonds is 2. The zero-order chi connectivity index (χ0) is 13.9. The molecule has 4 nitrogen and oxygen atoms in total. The fourth-order valence-electron chi connectivity index (χ4n) is 2.36. The lowest BCUT2D eigenvalue weighted by Crippen LogP contribution is -2.40. The predicted molar refractivity (Wildman–Crippen MR) is 78.1 cm³/mol. The molecule has 20 heavy (non-hydrogen) atoms. The first-order valence-electron chi connectivity index (χ1n) is 6.68. The maximum atomic E-state index is 12.2. The van der Waals surface area contributed by atoms with Gasteiger partial charge in [0.25, 0.3) is 5.91 Å². The molecule has 2 heterocycles. The molecular weight excluding hydrogens is 276 g/mol. The highest BCUT2D eigenvalue weighted by atomic mass is 35.5. The van der Waals surface area contributed by atoms with Gasteiger partial charge in [-0.25, -0.2) is 4.98 Å². The molecule has 0 aliphatic carbocycles. The van der Waals surface area contributed by atoms with Crippen LogP contribution in [0.5, 0.6) is 0 Å². The minimum atomic E-state index is -0.201. The number of hydrogen-bond donors (Lipinski definition) is 1. The van der Waals surface area contributed by atoms with Crippen molar-refractivity contribution in [3.05, 3.63) is 41.0 Å².